The summed E-state index contributed by atoms with van der Waals surface area (Å²) < 4.78 is 35.1. The van der Waals surface area contributed by atoms with Gasteiger partial charge in [0.2, 0.25) is 5.91 Å². The van der Waals surface area contributed by atoms with Crippen molar-refractivity contribution in [2.75, 3.05) is 27.2 Å². The Hall–Kier alpha value is -2.91. The Morgan fingerprint density at radius 1 is 0.974 bits per heavy atom. The van der Waals surface area contributed by atoms with E-state index in [0.29, 0.717) is 6.61 Å². The van der Waals surface area contributed by atoms with Crippen molar-refractivity contribution in [3.8, 4) is 16.9 Å². The first-order valence-electron chi connectivity index (χ1n) is 13.5. The first kappa shape index (κ1) is 29.1. The van der Waals surface area contributed by atoms with Crippen LogP contribution in [0.25, 0.3) is 11.1 Å². The molecule has 208 valence electrons. The lowest BCUT2D eigenvalue weighted by atomic mass is 9.85. The zero-order valence-corrected chi connectivity index (χ0v) is 23.7. The Balaban J connectivity index is 1.22. The molecule has 1 saturated carbocycles. The highest BCUT2D eigenvalue weighted by Gasteiger charge is 2.29. The number of ether oxygens (including phenoxy) is 1. The van der Waals surface area contributed by atoms with Crippen LogP contribution in [0.2, 0.25) is 0 Å². The number of amides is 1. The van der Waals surface area contributed by atoms with Gasteiger partial charge < -0.3 is 19.5 Å². The Morgan fingerprint density at radius 2 is 1.56 bits per heavy atom. The topological polar surface area (TPSA) is 76.7 Å². The van der Waals surface area contributed by atoms with Gasteiger partial charge in [-0.3, -0.25) is 4.79 Å². The van der Waals surface area contributed by atoms with Crippen LogP contribution >= 0.6 is 0 Å². The van der Waals surface area contributed by atoms with Gasteiger partial charge in [-0.2, -0.15) is 0 Å². The predicted molar refractivity (Wildman–Crippen MR) is 154 cm³/mol. The smallest absolute Gasteiger partial charge is 0.223 e. The minimum atomic E-state index is -1.32. The summed E-state index contributed by atoms with van der Waals surface area (Å²) >= 11 is -1.32. The minimum Gasteiger partial charge on any atom is -0.593 e. The molecule has 3 aromatic carbocycles. The van der Waals surface area contributed by atoms with Gasteiger partial charge in [0, 0.05) is 12.5 Å². The standard InChI is InChI=1S/C31H38FN3O3S/c1-22(23-4-12-27(32)13-5-23)33-31(36)26-6-14-28(15-7-26)34-39(37)30-18-10-25(11-19-30)24-8-16-29(17-9-24)38-21-20-35(2)3/h4-5,8-13,16-19,22,26,28,34H,6-7,14-15,20-21H2,1-3H3,(H,33,36)/t22-,26-,28-,39?/m1/s1. The molecule has 1 fully saturated rings. The van der Waals surface area contributed by atoms with Gasteiger partial charge in [0.1, 0.15) is 18.2 Å². The zero-order valence-electron chi connectivity index (χ0n) is 22.9. The number of hydrogen-bond donors (Lipinski definition) is 2. The summed E-state index contributed by atoms with van der Waals surface area (Å²) in [5.41, 5.74) is 3.01. The first-order valence-corrected chi connectivity index (χ1v) is 14.7. The highest BCUT2D eigenvalue weighted by Crippen LogP contribution is 2.28. The van der Waals surface area contributed by atoms with Crippen molar-refractivity contribution in [1.29, 1.82) is 0 Å². The third-order valence-corrected chi connectivity index (χ3v) is 8.41. The zero-order chi connectivity index (χ0) is 27.8. The summed E-state index contributed by atoms with van der Waals surface area (Å²) in [6, 6.07) is 21.9. The van der Waals surface area contributed by atoms with E-state index in [1.807, 2.05) is 69.6 Å². The lowest BCUT2D eigenvalue weighted by Crippen LogP contribution is -2.41. The maximum Gasteiger partial charge on any atom is 0.223 e. The highest BCUT2D eigenvalue weighted by molar-refractivity contribution is 7.89. The molecule has 8 heteroatoms. The van der Waals surface area contributed by atoms with Crippen LogP contribution in [0.3, 0.4) is 0 Å². The number of nitrogens with zero attached hydrogens (tertiary/aromatic N) is 1. The Labute approximate surface area is 234 Å². The van der Waals surface area contributed by atoms with Gasteiger partial charge in [-0.15, -0.1) is 4.72 Å². The number of hydrogen-bond acceptors (Lipinski definition) is 5. The van der Waals surface area contributed by atoms with Crippen LogP contribution in [-0.4, -0.2) is 48.6 Å². The van der Waals surface area contributed by atoms with E-state index in [9.17, 15) is 13.7 Å². The van der Waals surface area contributed by atoms with E-state index in [1.165, 1.54) is 12.1 Å². The van der Waals surface area contributed by atoms with Crippen LogP contribution < -0.4 is 14.8 Å². The largest absolute Gasteiger partial charge is 0.593 e. The van der Waals surface area contributed by atoms with Gasteiger partial charge in [0.15, 0.2) is 4.90 Å². The number of likely N-dealkylation sites (N-methyl/N-ethyl adjacent to an activating group) is 1. The number of rotatable bonds is 11. The number of nitrogens with one attached hydrogen (secondary N) is 2. The van der Waals surface area contributed by atoms with Crippen molar-refractivity contribution in [2.45, 2.75) is 49.6 Å². The molecule has 1 aliphatic carbocycles. The van der Waals surface area contributed by atoms with Crippen molar-refractivity contribution in [3.05, 3.63) is 84.2 Å². The van der Waals surface area contributed by atoms with Crippen molar-refractivity contribution < 1.29 is 18.5 Å². The van der Waals surface area contributed by atoms with E-state index in [-0.39, 0.29) is 29.7 Å². The lowest BCUT2D eigenvalue weighted by Gasteiger charge is -2.29. The second kappa shape index (κ2) is 13.9. The quantitative estimate of drug-likeness (QED) is 0.309. The van der Waals surface area contributed by atoms with E-state index in [2.05, 4.69) is 14.9 Å². The van der Waals surface area contributed by atoms with E-state index < -0.39 is 11.4 Å². The molecule has 3 aromatic rings. The third kappa shape index (κ3) is 8.54. The summed E-state index contributed by atoms with van der Waals surface area (Å²) in [4.78, 5) is 15.6. The number of carbonyl (C=O) groups excluding carboxylic acids is 1. The van der Waals surface area contributed by atoms with Crippen LogP contribution in [-0.2, 0) is 16.2 Å². The maximum absolute atomic E-state index is 13.2. The van der Waals surface area contributed by atoms with Crippen LogP contribution in [0.5, 0.6) is 5.75 Å². The third-order valence-electron chi connectivity index (χ3n) is 7.16. The lowest BCUT2D eigenvalue weighted by molar-refractivity contribution is -0.126. The fourth-order valence-electron chi connectivity index (χ4n) is 4.72. The van der Waals surface area contributed by atoms with Crippen LogP contribution in [0.15, 0.2) is 77.7 Å². The molecule has 6 nitrogen and oxygen atoms in total. The van der Waals surface area contributed by atoms with Gasteiger partial charge in [0.05, 0.1) is 23.4 Å². The molecule has 2 atom stereocenters. The molecule has 0 bridgehead atoms. The van der Waals surface area contributed by atoms with Crippen molar-refractivity contribution >= 4 is 17.3 Å². The van der Waals surface area contributed by atoms with Gasteiger partial charge in [0.25, 0.3) is 0 Å². The van der Waals surface area contributed by atoms with E-state index in [1.54, 1.807) is 12.1 Å². The van der Waals surface area contributed by atoms with E-state index >= 15 is 0 Å². The van der Waals surface area contributed by atoms with Crippen LogP contribution in [0.1, 0.15) is 44.2 Å². The molecule has 4 rings (SSSR count). The summed E-state index contributed by atoms with van der Waals surface area (Å²) in [5.74, 6) is 0.513. The van der Waals surface area contributed by atoms with Crippen LogP contribution in [0.4, 0.5) is 4.39 Å². The highest BCUT2D eigenvalue weighted by atomic mass is 32.2. The van der Waals surface area contributed by atoms with Gasteiger partial charge in [-0.1, -0.05) is 24.3 Å². The SMILES string of the molecule is C[C@@H](NC(=O)[C@H]1CC[C@H](N[S+]([O-])c2ccc(-c3ccc(OCCN(C)C)cc3)cc2)CC1)c1ccc(F)cc1. The van der Waals surface area contributed by atoms with Gasteiger partial charge >= 0.3 is 0 Å². The molecular weight excluding hydrogens is 513 g/mol. The fourth-order valence-corrected chi connectivity index (χ4v) is 5.78. The second-order valence-electron chi connectivity index (χ2n) is 10.4. The molecule has 0 aliphatic heterocycles. The summed E-state index contributed by atoms with van der Waals surface area (Å²) in [7, 11) is 4.04. The summed E-state index contributed by atoms with van der Waals surface area (Å²) in [6.45, 7) is 3.42. The summed E-state index contributed by atoms with van der Waals surface area (Å²) in [5, 5.41) is 3.05. The predicted octanol–water partition coefficient (Wildman–Crippen LogP) is 5.48. The maximum atomic E-state index is 13.2. The van der Waals surface area contributed by atoms with Crippen LogP contribution in [0, 0.1) is 11.7 Å². The van der Waals surface area contributed by atoms with Crippen molar-refractivity contribution in [1.82, 2.24) is 14.9 Å². The van der Waals surface area contributed by atoms with E-state index in [0.717, 1.165) is 59.6 Å². The molecule has 1 aliphatic rings. The molecule has 1 amide bonds. The fraction of sp³-hybridized carbons (Fsp3) is 0.387. The number of halogens is 1. The number of carbonyl (C=O) groups is 1. The van der Waals surface area contributed by atoms with Crippen molar-refractivity contribution in [2.24, 2.45) is 5.92 Å². The van der Waals surface area contributed by atoms with Crippen molar-refractivity contribution in [3.63, 3.8) is 0 Å². The average Bonchev–Trinajstić information content (AvgIpc) is 2.94. The normalized spacial score (nSPS) is 18.9. The van der Waals surface area contributed by atoms with Gasteiger partial charge in [-0.25, -0.2) is 4.39 Å². The summed E-state index contributed by atoms with van der Waals surface area (Å²) in [6.07, 6.45) is 3.06. The molecular formula is C31H38FN3O3S. The molecule has 39 heavy (non-hydrogen) atoms. The average molecular weight is 552 g/mol. The Kier molecular flexibility index (Phi) is 10.4. The molecule has 0 spiro atoms. The molecule has 0 heterocycles. The minimum absolute atomic E-state index is 0.0233. The number of benzene rings is 3. The second-order valence-corrected chi connectivity index (χ2v) is 11.7. The molecule has 0 radical (unpaired) electrons. The van der Waals surface area contributed by atoms with E-state index in [4.69, 9.17) is 4.74 Å². The molecule has 0 aromatic heterocycles. The molecule has 0 saturated heterocycles. The Morgan fingerprint density at radius 3 is 2.15 bits per heavy atom. The monoisotopic (exact) mass is 551 g/mol. The first-order chi connectivity index (χ1) is 18.8. The van der Waals surface area contributed by atoms with Gasteiger partial charge in [-0.05, 0) is 112 Å². The molecule has 1 unspecified atom stereocenters. The Bertz CT molecular complexity index is 1180. The molecule has 2 N–H and O–H groups in total.